The monoisotopic (exact) mass is 254 g/mol. The lowest BCUT2D eigenvalue weighted by Crippen LogP contribution is -1.97. The SMILES string of the molecule is Cc1ccc(-c2cccc(CCC(=O)O)c2)cc1C. The van der Waals surface area contributed by atoms with Gasteiger partial charge in [0.2, 0.25) is 0 Å². The molecule has 0 atom stereocenters. The Kier molecular flexibility index (Phi) is 4.00. The van der Waals surface area contributed by atoms with Crippen molar-refractivity contribution in [2.45, 2.75) is 26.7 Å². The Balaban J connectivity index is 2.27. The maximum Gasteiger partial charge on any atom is 0.303 e. The molecule has 1 N–H and O–H groups in total. The Labute approximate surface area is 113 Å². The van der Waals surface area contributed by atoms with Crippen LogP contribution in [0.4, 0.5) is 0 Å². The van der Waals surface area contributed by atoms with Gasteiger partial charge in [0.1, 0.15) is 0 Å². The van der Waals surface area contributed by atoms with E-state index in [1.807, 2.05) is 12.1 Å². The molecule has 0 fully saturated rings. The highest BCUT2D eigenvalue weighted by molar-refractivity contribution is 5.68. The Morgan fingerprint density at radius 3 is 2.42 bits per heavy atom. The quantitative estimate of drug-likeness (QED) is 0.895. The minimum Gasteiger partial charge on any atom is -0.481 e. The summed E-state index contributed by atoms with van der Waals surface area (Å²) < 4.78 is 0. The predicted octanol–water partition coefficient (Wildman–Crippen LogP) is 3.99. The van der Waals surface area contributed by atoms with Crippen LogP contribution in [-0.2, 0) is 11.2 Å². The second-order valence-corrected chi connectivity index (χ2v) is 4.89. The Morgan fingerprint density at radius 2 is 1.74 bits per heavy atom. The van der Waals surface area contributed by atoms with E-state index in [0.29, 0.717) is 6.42 Å². The van der Waals surface area contributed by atoms with Gasteiger partial charge in [0.05, 0.1) is 0 Å². The van der Waals surface area contributed by atoms with Gasteiger partial charge >= 0.3 is 5.97 Å². The molecule has 2 aromatic carbocycles. The molecule has 0 bridgehead atoms. The third-order valence-corrected chi connectivity index (χ3v) is 3.39. The number of benzene rings is 2. The molecule has 0 unspecified atom stereocenters. The molecule has 98 valence electrons. The van der Waals surface area contributed by atoms with Gasteiger partial charge in [-0.1, -0.05) is 42.5 Å². The van der Waals surface area contributed by atoms with Crippen LogP contribution < -0.4 is 0 Å². The van der Waals surface area contributed by atoms with Crippen molar-refractivity contribution in [1.82, 2.24) is 0 Å². The molecule has 0 saturated heterocycles. The summed E-state index contributed by atoms with van der Waals surface area (Å²) in [6, 6.07) is 14.5. The number of carboxylic acid groups (broad SMARTS) is 1. The number of rotatable bonds is 4. The largest absolute Gasteiger partial charge is 0.481 e. The first-order chi connectivity index (χ1) is 9.06. The summed E-state index contributed by atoms with van der Waals surface area (Å²) in [6.45, 7) is 4.20. The second-order valence-electron chi connectivity index (χ2n) is 4.89. The standard InChI is InChI=1S/C17H18O2/c1-12-6-8-16(10-13(12)2)15-5-3-4-14(11-15)7-9-17(18)19/h3-6,8,10-11H,7,9H2,1-2H3,(H,18,19). The van der Waals surface area contributed by atoms with Crippen molar-refractivity contribution in [3.05, 3.63) is 59.2 Å². The molecular weight excluding hydrogens is 236 g/mol. The van der Waals surface area contributed by atoms with E-state index < -0.39 is 5.97 Å². The van der Waals surface area contributed by atoms with E-state index in [9.17, 15) is 4.79 Å². The highest BCUT2D eigenvalue weighted by atomic mass is 16.4. The number of hydrogen-bond acceptors (Lipinski definition) is 1. The lowest BCUT2D eigenvalue weighted by Gasteiger charge is -2.07. The van der Waals surface area contributed by atoms with Crippen LogP contribution in [0, 0.1) is 13.8 Å². The van der Waals surface area contributed by atoms with Crippen LogP contribution in [0.25, 0.3) is 11.1 Å². The molecule has 0 spiro atoms. The molecule has 2 nitrogen and oxygen atoms in total. The fourth-order valence-corrected chi connectivity index (χ4v) is 2.08. The van der Waals surface area contributed by atoms with Crippen LogP contribution in [0.2, 0.25) is 0 Å². The van der Waals surface area contributed by atoms with Crippen LogP contribution in [-0.4, -0.2) is 11.1 Å². The topological polar surface area (TPSA) is 37.3 Å². The van der Waals surface area contributed by atoms with E-state index >= 15 is 0 Å². The Bertz CT molecular complexity index is 600. The molecule has 2 aromatic rings. The average molecular weight is 254 g/mol. The molecule has 2 heteroatoms. The minimum atomic E-state index is -0.753. The van der Waals surface area contributed by atoms with Crippen molar-refractivity contribution in [2.24, 2.45) is 0 Å². The van der Waals surface area contributed by atoms with E-state index in [0.717, 1.165) is 11.1 Å². The molecule has 0 radical (unpaired) electrons. The highest BCUT2D eigenvalue weighted by Crippen LogP contribution is 2.23. The van der Waals surface area contributed by atoms with Gasteiger partial charge in [-0.3, -0.25) is 4.79 Å². The maximum absolute atomic E-state index is 10.6. The fourth-order valence-electron chi connectivity index (χ4n) is 2.08. The van der Waals surface area contributed by atoms with Gasteiger partial charge in [0, 0.05) is 6.42 Å². The number of aliphatic carboxylic acids is 1. The van der Waals surface area contributed by atoms with Gasteiger partial charge in [-0.2, -0.15) is 0 Å². The van der Waals surface area contributed by atoms with E-state index in [1.54, 1.807) is 0 Å². The van der Waals surface area contributed by atoms with Gasteiger partial charge in [-0.05, 0) is 48.1 Å². The first kappa shape index (κ1) is 13.3. The summed E-state index contributed by atoms with van der Waals surface area (Å²) in [4.78, 5) is 10.6. The second kappa shape index (κ2) is 5.70. The fraction of sp³-hybridized carbons (Fsp3) is 0.235. The summed E-state index contributed by atoms with van der Waals surface area (Å²) >= 11 is 0. The highest BCUT2D eigenvalue weighted by Gasteiger charge is 2.03. The molecule has 0 amide bonds. The van der Waals surface area contributed by atoms with Crippen LogP contribution in [0.5, 0.6) is 0 Å². The normalized spacial score (nSPS) is 10.4. The number of hydrogen-bond donors (Lipinski definition) is 1. The van der Waals surface area contributed by atoms with Gasteiger partial charge in [-0.25, -0.2) is 0 Å². The van der Waals surface area contributed by atoms with Crippen LogP contribution in [0.15, 0.2) is 42.5 Å². The lowest BCUT2D eigenvalue weighted by molar-refractivity contribution is -0.136. The minimum absolute atomic E-state index is 0.177. The summed E-state index contributed by atoms with van der Waals surface area (Å²) in [7, 11) is 0. The van der Waals surface area contributed by atoms with Crippen molar-refractivity contribution in [3.8, 4) is 11.1 Å². The van der Waals surface area contributed by atoms with E-state index in [1.165, 1.54) is 16.7 Å². The molecule has 0 aliphatic rings. The van der Waals surface area contributed by atoms with Crippen LogP contribution in [0.3, 0.4) is 0 Å². The number of carbonyl (C=O) groups is 1. The molecule has 0 heterocycles. The van der Waals surface area contributed by atoms with Crippen molar-refractivity contribution in [1.29, 1.82) is 0 Å². The first-order valence-corrected chi connectivity index (χ1v) is 6.44. The van der Waals surface area contributed by atoms with E-state index in [4.69, 9.17) is 5.11 Å². The number of carboxylic acids is 1. The van der Waals surface area contributed by atoms with E-state index in [2.05, 4.69) is 44.2 Å². The Hall–Kier alpha value is -2.09. The van der Waals surface area contributed by atoms with Crippen molar-refractivity contribution < 1.29 is 9.90 Å². The molecule has 0 aromatic heterocycles. The summed E-state index contributed by atoms with van der Waals surface area (Å²) in [5, 5.41) is 8.73. The van der Waals surface area contributed by atoms with Crippen LogP contribution >= 0.6 is 0 Å². The summed E-state index contributed by atoms with van der Waals surface area (Å²) in [6.07, 6.45) is 0.754. The molecule has 19 heavy (non-hydrogen) atoms. The first-order valence-electron chi connectivity index (χ1n) is 6.44. The number of aryl methyl sites for hydroxylation is 3. The smallest absolute Gasteiger partial charge is 0.303 e. The maximum atomic E-state index is 10.6. The van der Waals surface area contributed by atoms with Gasteiger partial charge in [0.15, 0.2) is 0 Å². The average Bonchev–Trinajstić information content (AvgIpc) is 2.40. The zero-order valence-electron chi connectivity index (χ0n) is 11.3. The third kappa shape index (κ3) is 3.44. The molecule has 0 saturated carbocycles. The summed E-state index contributed by atoms with van der Waals surface area (Å²) in [5.41, 5.74) is 5.95. The molecule has 0 aliphatic heterocycles. The zero-order valence-corrected chi connectivity index (χ0v) is 11.3. The lowest BCUT2D eigenvalue weighted by atomic mass is 9.98. The van der Waals surface area contributed by atoms with E-state index in [-0.39, 0.29) is 6.42 Å². The predicted molar refractivity (Wildman–Crippen MR) is 77.3 cm³/mol. The van der Waals surface area contributed by atoms with Crippen molar-refractivity contribution in [2.75, 3.05) is 0 Å². The van der Waals surface area contributed by atoms with Crippen LogP contribution in [0.1, 0.15) is 23.1 Å². The summed E-state index contributed by atoms with van der Waals surface area (Å²) in [5.74, 6) is -0.753. The molecule has 2 rings (SSSR count). The molecular formula is C17H18O2. The third-order valence-electron chi connectivity index (χ3n) is 3.39. The zero-order chi connectivity index (χ0) is 13.8. The van der Waals surface area contributed by atoms with Crippen molar-refractivity contribution in [3.63, 3.8) is 0 Å². The van der Waals surface area contributed by atoms with Gasteiger partial charge in [-0.15, -0.1) is 0 Å². The Morgan fingerprint density at radius 1 is 1.00 bits per heavy atom. The van der Waals surface area contributed by atoms with Gasteiger partial charge < -0.3 is 5.11 Å². The van der Waals surface area contributed by atoms with Crippen molar-refractivity contribution >= 4 is 5.97 Å². The van der Waals surface area contributed by atoms with Gasteiger partial charge in [0.25, 0.3) is 0 Å². The molecule has 0 aliphatic carbocycles.